The summed E-state index contributed by atoms with van der Waals surface area (Å²) in [7, 11) is 0. The van der Waals surface area contributed by atoms with Crippen LogP contribution in [0.2, 0.25) is 0 Å². The fourth-order valence-corrected chi connectivity index (χ4v) is 3.89. The highest BCUT2D eigenvalue weighted by Crippen LogP contribution is 2.36. The summed E-state index contributed by atoms with van der Waals surface area (Å²) in [5, 5.41) is 8.58. The van der Waals surface area contributed by atoms with Crippen LogP contribution in [0.25, 0.3) is 28.0 Å². The molecule has 0 atom stereocenters. The molecule has 7 nitrogen and oxygen atoms in total. The van der Waals surface area contributed by atoms with Gasteiger partial charge in [-0.15, -0.1) is 0 Å². The lowest BCUT2D eigenvalue weighted by molar-refractivity contribution is -0.137. The van der Waals surface area contributed by atoms with E-state index in [2.05, 4.69) is 21.8 Å². The second-order valence-corrected chi connectivity index (χ2v) is 7.77. The van der Waals surface area contributed by atoms with Crippen LogP contribution in [0.1, 0.15) is 11.6 Å². The van der Waals surface area contributed by atoms with Crippen molar-refractivity contribution in [2.24, 2.45) is 0 Å². The minimum atomic E-state index is -4.49. The molecule has 0 unspecified atom stereocenters. The predicted molar refractivity (Wildman–Crippen MR) is 111 cm³/mol. The van der Waals surface area contributed by atoms with Gasteiger partial charge in [0.15, 0.2) is 11.6 Å². The molecule has 1 fully saturated rings. The summed E-state index contributed by atoms with van der Waals surface area (Å²) < 4.78 is 68.8. The molecule has 0 spiro atoms. The Kier molecular flexibility index (Phi) is 4.95. The first-order chi connectivity index (χ1) is 16.1. The Morgan fingerprint density at radius 3 is 2.41 bits per heavy atom. The third-order valence-corrected chi connectivity index (χ3v) is 5.58. The molecule has 34 heavy (non-hydrogen) atoms. The molecule has 4 heterocycles. The number of nitrogens with zero attached hydrogens (tertiary/aromatic N) is 6. The zero-order chi connectivity index (χ0) is 24.2. The SMILES string of the molecule is C=C(F)C(=O)N1CC(n2nc(-c3ccc(C(F)(F)F)cc3)c3nccc(-n4cc(F)cn4)c32)C1. The van der Waals surface area contributed by atoms with Gasteiger partial charge in [0, 0.05) is 24.8 Å². The van der Waals surface area contributed by atoms with Gasteiger partial charge in [-0.1, -0.05) is 18.7 Å². The van der Waals surface area contributed by atoms with E-state index in [9.17, 15) is 26.7 Å². The van der Waals surface area contributed by atoms with Crippen LogP contribution in [0, 0.1) is 5.82 Å². The maximum absolute atomic E-state index is 13.7. The van der Waals surface area contributed by atoms with Gasteiger partial charge in [0.1, 0.15) is 16.7 Å². The lowest BCUT2D eigenvalue weighted by Gasteiger charge is -2.39. The Morgan fingerprint density at radius 2 is 1.82 bits per heavy atom. The van der Waals surface area contributed by atoms with Gasteiger partial charge in [0.05, 0.1) is 29.7 Å². The van der Waals surface area contributed by atoms with E-state index in [4.69, 9.17) is 0 Å². The Bertz CT molecular complexity index is 1420. The number of amides is 1. The van der Waals surface area contributed by atoms with Crippen LogP contribution in [0.4, 0.5) is 22.0 Å². The number of hydrogen-bond donors (Lipinski definition) is 0. The van der Waals surface area contributed by atoms with Crippen LogP contribution < -0.4 is 0 Å². The van der Waals surface area contributed by atoms with Crippen LogP contribution in [-0.4, -0.2) is 48.4 Å². The van der Waals surface area contributed by atoms with E-state index in [-0.39, 0.29) is 19.1 Å². The van der Waals surface area contributed by atoms with Gasteiger partial charge in [-0.25, -0.2) is 13.5 Å². The summed E-state index contributed by atoms with van der Waals surface area (Å²) >= 11 is 0. The van der Waals surface area contributed by atoms with Gasteiger partial charge < -0.3 is 4.90 Å². The molecule has 0 radical (unpaired) electrons. The van der Waals surface area contributed by atoms with E-state index in [0.29, 0.717) is 28.0 Å². The molecule has 0 N–H and O–H groups in total. The fourth-order valence-electron chi connectivity index (χ4n) is 3.89. The smallest absolute Gasteiger partial charge is 0.332 e. The average Bonchev–Trinajstić information content (AvgIpc) is 3.36. The molecule has 12 heteroatoms. The number of carbonyl (C=O) groups is 1. The second kappa shape index (κ2) is 7.75. The first-order valence-corrected chi connectivity index (χ1v) is 10.0. The topological polar surface area (TPSA) is 68.8 Å². The summed E-state index contributed by atoms with van der Waals surface area (Å²) in [6, 6.07) is 5.69. The van der Waals surface area contributed by atoms with Gasteiger partial charge in [-0.3, -0.25) is 14.5 Å². The monoisotopic (exact) mass is 474 g/mol. The number of aromatic nitrogens is 5. The molecule has 0 saturated carbocycles. The number of alkyl halides is 3. The molecule has 1 aromatic carbocycles. The fraction of sp³-hybridized carbons (Fsp3) is 0.182. The number of fused-ring (bicyclic) bond motifs is 1. The zero-order valence-corrected chi connectivity index (χ0v) is 17.3. The molecule has 1 amide bonds. The summed E-state index contributed by atoms with van der Waals surface area (Å²) in [4.78, 5) is 17.5. The Hall–Kier alpha value is -4.09. The van der Waals surface area contributed by atoms with Gasteiger partial charge in [0.25, 0.3) is 5.91 Å². The normalized spacial score (nSPS) is 14.4. The van der Waals surface area contributed by atoms with Crippen molar-refractivity contribution in [1.29, 1.82) is 0 Å². The summed E-state index contributed by atoms with van der Waals surface area (Å²) in [5.41, 5.74) is 1.11. The van der Waals surface area contributed by atoms with Gasteiger partial charge in [-0.05, 0) is 18.2 Å². The molecule has 1 aliphatic heterocycles. The first-order valence-electron chi connectivity index (χ1n) is 10.0. The van der Waals surface area contributed by atoms with Crippen molar-refractivity contribution in [3.8, 4) is 16.9 Å². The third kappa shape index (κ3) is 3.60. The Labute approximate surface area is 188 Å². The molecule has 174 valence electrons. The number of rotatable bonds is 4. The van der Waals surface area contributed by atoms with E-state index < -0.39 is 29.3 Å². The standard InChI is InChI=1S/C22H15F5N6O/c1-12(23)21(34)31-10-16(11-31)33-20-17(32-9-15(24)8-29-32)6-7-28-19(20)18(30-33)13-2-4-14(5-3-13)22(25,26)27/h2-9,16H,1,10-11H2. The number of halogens is 5. The lowest BCUT2D eigenvalue weighted by Crippen LogP contribution is -2.51. The molecule has 1 aliphatic rings. The summed E-state index contributed by atoms with van der Waals surface area (Å²) in [5.74, 6) is -2.48. The van der Waals surface area contributed by atoms with Crippen LogP contribution in [0.15, 0.2) is 61.3 Å². The average molecular weight is 474 g/mol. The lowest BCUT2D eigenvalue weighted by atomic mass is 10.1. The van der Waals surface area contributed by atoms with E-state index in [1.54, 1.807) is 10.7 Å². The highest BCUT2D eigenvalue weighted by molar-refractivity contribution is 5.95. The molecule has 5 rings (SSSR count). The molecular weight excluding hydrogens is 459 g/mol. The molecule has 1 saturated heterocycles. The van der Waals surface area contributed by atoms with Crippen LogP contribution in [-0.2, 0) is 11.0 Å². The highest BCUT2D eigenvalue weighted by Gasteiger charge is 2.36. The van der Waals surface area contributed by atoms with Crippen molar-refractivity contribution in [3.63, 3.8) is 0 Å². The second-order valence-electron chi connectivity index (χ2n) is 7.77. The van der Waals surface area contributed by atoms with E-state index in [1.165, 1.54) is 27.9 Å². The van der Waals surface area contributed by atoms with E-state index in [1.807, 2.05) is 0 Å². The number of hydrogen-bond acceptors (Lipinski definition) is 4. The van der Waals surface area contributed by atoms with Crippen molar-refractivity contribution in [2.45, 2.75) is 12.2 Å². The zero-order valence-electron chi connectivity index (χ0n) is 17.3. The largest absolute Gasteiger partial charge is 0.416 e. The van der Waals surface area contributed by atoms with E-state index >= 15 is 0 Å². The minimum Gasteiger partial charge on any atom is -0.332 e. The summed E-state index contributed by atoms with van der Waals surface area (Å²) in [6.45, 7) is 3.28. The van der Waals surface area contributed by atoms with Crippen LogP contribution in [0.3, 0.4) is 0 Å². The van der Waals surface area contributed by atoms with Crippen molar-refractivity contribution in [1.82, 2.24) is 29.4 Å². The highest BCUT2D eigenvalue weighted by atomic mass is 19.4. The Morgan fingerprint density at radius 1 is 1.12 bits per heavy atom. The molecular formula is C22H15F5N6O. The Balaban J connectivity index is 1.63. The van der Waals surface area contributed by atoms with E-state index in [0.717, 1.165) is 24.5 Å². The summed E-state index contributed by atoms with van der Waals surface area (Å²) in [6.07, 6.45) is -0.841. The van der Waals surface area contributed by atoms with Crippen LogP contribution in [0.5, 0.6) is 0 Å². The molecule has 0 aliphatic carbocycles. The van der Waals surface area contributed by atoms with Crippen molar-refractivity contribution in [3.05, 3.63) is 72.7 Å². The van der Waals surface area contributed by atoms with Gasteiger partial charge >= 0.3 is 6.18 Å². The predicted octanol–water partition coefficient (Wildman–Crippen LogP) is 4.31. The van der Waals surface area contributed by atoms with Crippen molar-refractivity contribution in [2.75, 3.05) is 13.1 Å². The number of likely N-dealkylation sites (tertiary alicyclic amines) is 1. The molecule has 0 bridgehead atoms. The number of benzene rings is 1. The van der Waals surface area contributed by atoms with Gasteiger partial charge in [0.2, 0.25) is 0 Å². The van der Waals surface area contributed by atoms with Crippen molar-refractivity contribution < 1.29 is 26.7 Å². The first kappa shape index (κ1) is 21.7. The minimum absolute atomic E-state index is 0.132. The quantitative estimate of drug-likeness (QED) is 0.327. The maximum atomic E-state index is 13.7. The number of pyridine rings is 1. The molecule has 3 aromatic heterocycles. The number of carbonyl (C=O) groups excluding carboxylic acids is 1. The third-order valence-electron chi connectivity index (χ3n) is 5.58. The van der Waals surface area contributed by atoms with Crippen LogP contribution >= 0.6 is 0 Å². The maximum Gasteiger partial charge on any atom is 0.416 e. The van der Waals surface area contributed by atoms with Crippen molar-refractivity contribution >= 4 is 16.9 Å². The van der Waals surface area contributed by atoms with Gasteiger partial charge in [-0.2, -0.15) is 23.4 Å². The molecule has 4 aromatic rings.